The number of carbonyl (C=O) groups is 1. The van der Waals surface area contributed by atoms with Crippen molar-refractivity contribution in [2.24, 2.45) is 0 Å². The Morgan fingerprint density at radius 1 is 1.43 bits per heavy atom. The lowest BCUT2D eigenvalue weighted by Gasteiger charge is -2.12. The third kappa shape index (κ3) is 3.82. The number of aromatic nitrogens is 4. The zero-order valence-electron chi connectivity index (χ0n) is 12.2. The van der Waals surface area contributed by atoms with Crippen LogP contribution in [0.5, 0.6) is 0 Å². The number of aryl methyl sites for hydroxylation is 1. The molecule has 2 rings (SSSR count). The van der Waals surface area contributed by atoms with Gasteiger partial charge in [0, 0.05) is 24.1 Å². The van der Waals surface area contributed by atoms with Crippen molar-refractivity contribution in [1.29, 1.82) is 0 Å². The van der Waals surface area contributed by atoms with E-state index >= 15 is 0 Å². The van der Waals surface area contributed by atoms with Gasteiger partial charge in [0.25, 0.3) is 0 Å². The first-order chi connectivity index (χ1) is 10.8. The molecule has 23 heavy (non-hydrogen) atoms. The fraction of sp³-hybridized carbons (Fsp3) is 0.333. The zero-order chi connectivity index (χ0) is 17.2. The number of carboxylic acids is 1. The van der Waals surface area contributed by atoms with Gasteiger partial charge in [-0.15, -0.1) is 5.10 Å². The maximum absolute atomic E-state index is 11.9. The summed E-state index contributed by atoms with van der Waals surface area (Å²) in [6, 6.07) is 2.44. The molecule has 2 aromatic rings. The Hall–Kier alpha value is -1.65. The molecule has 1 aromatic heterocycles. The SMILES string of the molecule is CCn1nnnc1SCc1c(S(C)(=O)=O)ccc(C(=O)O)c1Cl. The smallest absolute Gasteiger partial charge is 0.337 e. The number of tetrazole rings is 1. The van der Waals surface area contributed by atoms with E-state index in [1.807, 2.05) is 6.92 Å². The van der Waals surface area contributed by atoms with Gasteiger partial charge in [-0.05, 0) is 29.5 Å². The Balaban J connectivity index is 2.46. The summed E-state index contributed by atoms with van der Waals surface area (Å²) in [5, 5.41) is 20.7. The molecule has 0 aliphatic heterocycles. The fourth-order valence-electron chi connectivity index (χ4n) is 1.89. The van der Waals surface area contributed by atoms with E-state index in [0.717, 1.165) is 6.26 Å². The Morgan fingerprint density at radius 2 is 2.13 bits per heavy atom. The number of sulfone groups is 1. The summed E-state index contributed by atoms with van der Waals surface area (Å²) >= 11 is 7.29. The molecule has 0 fully saturated rings. The molecule has 1 N–H and O–H groups in total. The quantitative estimate of drug-likeness (QED) is 0.758. The van der Waals surface area contributed by atoms with Crippen LogP contribution in [0.2, 0.25) is 5.02 Å². The van der Waals surface area contributed by atoms with Crippen molar-refractivity contribution >= 4 is 39.2 Å². The molecule has 0 bridgehead atoms. The maximum Gasteiger partial charge on any atom is 0.337 e. The highest BCUT2D eigenvalue weighted by Gasteiger charge is 2.22. The molecule has 0 aliphatic rings. The monoisotopic (exact) mass is 376 g/mol. The molecule has 0 aliphatic carbocycles. The first kappa shape index (κ1) is 17.7. The third-order valence-corrected chi connectivity index (χ3v) is 5.57. The van der Waals surface area contributed by atoms with E-state index in [9.17, 15) is 13.2 Å². The van der Waals surface area contributed by atoms with Crippen LogP contribution < -0.4 is 0 Å². The van der Waals surface area contributed by atoms with E-state index in [1.54, 1.807) is 4.68 Å². The van der Waals surface area contributed by atoms with Gasteiger partial charge in [-0.1, -0.05) is 23.4 Å². The molecule has 0 saturated heterocycles. The van der Waals surface area contributed by atoms with Crippen LogP contribution in [-0.4, -0.2) is 46.0 Å². The van der Waals surface area contributed by atoms with E-state index in [4.69, 9.17) is 16.7 Å². The lowest BCUT2D eigenvalue weighted by Crippen LogP contribution is -2.07. The summed E-state index contributed by atoms with van der Waals surface area (Å²) < 4.78 is 25.4. The Labute approximate surface area is 141 Å². The molecule has 124 valence electrons. The van der Waals surface area contributed by atoms with E-state index in [1.165, 1.54) is 23.9 Å². The molecule has 0 amide bonds. The largest absolute Gasteiger partial charge is 0.478 e. The highest BCUT2D eigenvalue weighted by Crippen LogP contribution is 2.33. The molecule has 0 radical (unpaired) electrons. The summed E-state index contributed by atoms with van der Waals surface area (Å²) in [5.74, 6) is -1.09. The van der Waals surface area contributed by atoms with Crippen LogP contribution in [0, 0.1) is 0 Å². The molecular formula is C12H13ClN4O4S2. The van der Waals surface area contributed by atoms with Crippen LogP contribution in [0.25, 0.3) is 0 Å². The molecule has 8 nitrogen and oxygen atoms in total. The van der Waals surface area contributed by atoms with E-state index < -0.39 is 15.8 Å². The lowest BCUT2D eigenvalue weighted by atomic mass is 10.1. The molecule has 1 heterocycles. The van der Waals surface area contributed by atoms with Gasteiger partial charge < -0.3 is 5.11 Å². The van der Waals surface area contributed by atoms with Crippen molar-refractivity contribution in [3.63, 3.8) is 0 Å². The number of carboxylic acid groups (broad SMARTS) is 1. The van der Waals surface area contributed by atoms with Gasteiger partial charge in [-0.25, -0.2) is 17.9 Å². The Kier molecular flexibility index (Phi) is 5.27. The van der Waals surface area contributed by atoms with Gasteiger partial charge in [0.2, 0.25) is 5.16 Å². The number of hydrogen-bond acceptors (Lipinski definition) is 7. The van der Waals surface area contributed by atoms with Gasteiger partial charge in [0.15, 0.2) is 9.84 Å². The summed E-state index contributed by atoms with van der Waals surface area (Å²) in [6.45, 7) is 2.41. The van der Waals surface area contributed by atoms with E-state index in [0.29, 0.717) is 11.7 Å². The standard InChI is InChI=1S/C12H13ClN4O4S2/c1-3-17-12(14-15-16-17)22-6-8-9(23(2,20)21)5-4-7(10(8)13)11(18)19/h4-5H,3,6H2,1-2H3,(H,18,19). The van der Waals surface area contributed by atoms with Crippen molar-refractivity contribution in [1.82, 2.24) is 20.2 Å². The maximum atomic E-state index is 11.9. The van der Waals surface area contributed by atoms with Crippen LogP contribution in [0.15, 0.2) is 22.2 Å². The second-order valence-electron chi connectivity index (χ2n) is 4.55. The van der Waals surface area contributed by atoms with Crippen LogP contribution in [0.4, 0.5) is 0 Å². The molecular weight excluding hydrogens is 364 g/mol. The second kappa shape index (κ2) is 6.85. The minimum atomic E-state index is -3.55. The van der Waals surface area contributed by atoms with Crippen LogP contribution in [-0.2, 0) is 22.1 Å². The van der Waals surface area contributed by atoms with Crippen LogP contribution >= 0.6 is 23.4 Å². The molecule has 0 spiro atoms. The van der Waals surface area contributed by atoms with Crippen molar-refractivity contribution in [3.05, 3.63) is 28.3 Å². The highest BCUT2D eigenvalue weighted by molar-refractivity contribution is 7.98. The van der Waals surface area contributed by atoms with Gasteiger partial charge in [0.1, 0.15) is 0 Å². The minimum absolute atomic E-state index is 0.00415. The van der Waals surface area contributed by atoms with E-state index in [2.05, 4.69) is 15.5 Å². The van der Waals surface area contributed by atoms with E-state index in [-0.39, 0.29) is 26.8 Å². The molecule has 1 aromatic carbocycles. The Bertz CT molecular complexity index is 851. The van der Waals surface area contributed by atoms with Crippen molar-refractivity contribution in [2.45, 2.75) is 29.3 Å². The first-order valence-corrected chi connectivity index (χ1v) is 9.64. The molecule has 0 saturated carbocycles. The predicted octanol–water partition coefficient (Wildman–Crippen LogP) is 1.74. The molecule has 0 atom stereocenters. The normalized spacial score (nSPS) is 11.6. The molecule has 11 heteroatoms. The number of halogens is 1. The zero-order valence-corrected chi connectivity index (χ0v) is 14.6. The average Bonchev–Trinajstić information content (AvgIpc) is 2.91. The number of nitrogens with zero attached hydrogens (tertiary/aromatic N) is 4. The van der Waals surface area contributed by atoms with Gasteiger partial charge in [-0.3, -0.25) is 0 Å². The summed E-state index contributed by atoms with van der Waals surface area (Å²) in [6.07, 6.45) is 1.05. The van der Waals surface area contributed by atoms with Crippen LogP contribution in [0.3, 0.4) is 0 Å². The van der Waals surface area contributed by atoms with Gasteiger partial charge >= 0.3 is 5.97 Å². The number of rotatable bonds is 6. The lowest BCUT2D eigenvalue weighted by molar-refractivity contribution is 0.0697. The number of benzene rings is 1. The highest BCUT2D eigenvalue weighted by atomic mass is 35.5. The first-order valence-electron chi connectivity index (χ1n) is 6.39. The van der Waals surface area contributed by atoms with Crippen molar-refractivity contribution < 1.29 is 18.3 Å². The topological polar surface area (TPSA) is 115 Å². The average molecular weight is 377 g/mol. The second-order valence-corrected chi connectivity index (χ2v) is 7.85. The molecule has 0 unspecified atom stereocenters. The number of hydrogen-bond donors (Lipinski definition) is 1. The summed E-state index contributed by atoms with van der Waals surface area (Å²) in [5.41, 5.74) is 0.0782. The van der Waals surface area contributed by atoms with Gasteiger partial charge in [-0.2, -0.15) is 0 Å². The Morgan fingerprint density at radius 3 is 2.70 bits per heavy atom. The van der Waals surface area contributed by atoms with Crippen LogP contribution in [0.1, 0.15) is 22.8 Å². The minimum Gasteiger partial charge on any atom is -0.478 e. The number of thioether (sulfide) groups is 1. The van der Waals surface area contributed by atoms with Gasteiger partial charge in [0.05, 0.1) is 15.5 Å². The predicted molar refractivity (Wildman–Crippen MR) is 84.6 cm³/mol. The summed E-state index contributed by atoms with van der Waals surface area (Å²) in [7, 11) is -3.55. The number of aromatic carboxylic acids is 1. The third-order valence-electron chi connectivity index (χ3n) is 2.97. The fourth-order valence-corrected chi connectivity index (χ4v) is 4.34. The van der Waals surface area contributed by atoms with Crippen molar-refractivity contribution in [3.8, 4) is 0 Å². The summed E-state index contributed by atoms with van der Waals surface area (Å²) in [4.78, 5) is 11.2. The van der Waals surface area contributed by atoms with Crippen molar-refractivity contribution in [2.75, 3.05) is 6.26 Å².